The predicted molar refractivity (Wildman–Crippen MR) is 59.5 cm³/mol. The molecule has 1 aromatic heterocycles. The molecule has 2 aliphatic rings. The summed E-state index contributed by atoms with van der Waals surface area (Å²) >= 11 is 0. The molecule has 2 bridgehead atoms. The summed E-state index contributed by atoms with van der Waals surface area (Å²) < 4.78 is 10.2. The van der Waals surface area contributed by atoms with Crippen molar-refractivity contribution in [2.75, 3.05) is 7.11 Å². The molecule has 1 aromatic rings. The minimum Gasteiger partial charge on any atom is -0.506 e. The molecule has 0 spiro atoms. The van der Waals surface area contributed by atoms with E-state index in [4.69, 9.17) is 4.74 Å². The van der Waals surface area contributed by atoms with Crippen molar-refractivity contribution in [2.45, 2.75) is 31.5 Å². The molecule has 0 aromatic carbocycles. The van der Waals surface area contributed by atoms with Crippen molar-refractivity contribution in [3.63, 3.8) is 0 Å². The standard InChI is InChI=1S/C12H13NO5/c1-17-12(16)8-10(14)6-4-5-2-3-7(18-5)9(6)13-11(8)15/h5,7H,2-4H2,1H3,(H2,13,14,15)/t5?,7-/m1/s1. The molecule has 6 heteroatoms. The van der Waals surface area contributed by atoms with Gasteiger partial charge in [0.05, 0.1) is 18.9 Å². The zero-order valence-electron chi connectivity index (χ0n) is 9.84. The van der Waals surface area contributed by atoms with E-state index in [0.717, 1.165) is 12.8 Å². The molecule has 6 nitrogen and oxygen atoms in total. The second kappa shape index (κ2) is 3.84. The predicted octanol–water partition coefficient (Wildman–Crippen LogP) is 1.06. The zero-order chi connectivity index (χ0) is 12.9. The SMILES string of the molecule is COC(=O)c1c(O)nc2c(c1O)CC1CC[C@H]2O1. The summed E-state index contributed by atoms with van der Waals surface area (Å²) in [5, 5.41) is 19.9. The molecule has 1 unspecified atom stereocenters. The van der Waals surface area contributed by atoms with Crippen molar-refractivity contribution >= 4 is 5.97 Å². The topological polar surface area (TPSA) is 88.9 Å². The lowest BCUT2D eigenvalue weighted by Crippen LogP contribution is -2.20. The molecular formula is C12H13NO5. The van der Waals surface area contributed by atoms with E-state index < -0.39 is 11.8 Å². The van der Waals surface area contributed by atoms with Crippen LogP contribution < -0.4 is 0 Å². The third-order valence-corrected chi connectivity index (χ3v) is 3.52. The first-order valence-electron chi connectivity index (χ1n) is 5.80. The summed E-state index contributed by atoms with van der Waals surface area (Å²) in [4.78, 5) is 15.5. The van der Waals surface area contributed by atoms with Gasteiger partial charge in [-0.05, 0) is 12.8 Å². The van der Waals surface area contributed by atoms with Gasteiger partial charge in [0.2, 0.25) is 5.88 Å². The number of carbonyl (C=O) groups is 1. The molecule has 2 N–H and O–H groups in total. The number of nitrogens with zero attached hydrogens (tertiary/aromatic N) is 1. The van der Waals surface area contributed by atoms with Gasteiger partial charge in [-0.2, -0.15) is 0 Å². The molecule has 3 heterocycles. The van der Waals surface area contributed by atoms with Gasteiger partial charge in [0.15, 0.2) is 5.56 Å². The number of ether oxygens (including phenoxy) is 2. The van der Waals surface area contributed by atoms with Crippen LogP contribution in [0, 0.1) is 0 Å². The van der Waals surface area contributed by atoms with Crippen LogP contribution >= 0.6 is 0 Å². The molecule has 0 aliphatic carbocycles. The lowest BCUT2D eigenvalue weighted by Gasteiger charge is -2.24. The number of hydrogen-bond acceptors (Lipinski definition) is 6. The van der Waals surface area contributed by atoms with Gasteiger partial charge in [0.1, 0.15) is 11.9 Å². The Kier molecular flexibility index (Phi) is 2.41. The van der Waals surface area contributed by atoms with Gasteiger partial charge in [-0.25, -0.2) is 9.78 Å². The highest BCUT2D eigenvalue weighted by Gasteiger charge is 2.38. The highest BCUT2D eigenvalue weighted by Crippen LogP contribution is 2.45. The van der Waals surface area contributed by atoms with Gasteiger partial charge in [0.25, 0.3) is 0 Å². The number of rotatable bonds is 1. The molecule has 0 saturated carbocycles. The molecule has 0 radical (unpaired) electrons. The summed E-state index contributed by atoms with van der Waals surface area (Å²) in [6, 6.07) is 0. The molecule has 2 atom stereocenters. The maximum atomic E-state index is 11.5. The van der Waals surface area contributed by atoms with E-state index in [0.29, 0.717) is 17.7 Å². The summed E-state index contributed by atoms with van der Waals surface area (Å²) in [6.45, 7) is 0. The molecule has 3 rings (SSSR count). The van der Waals surface area contributed by atoms with E-state index in [-0.39, 0.29) is 23.5 Å². The van der Waals surface area contributed by atoms with E-state index in [2.05, 4.69) is 9.72 Å². The van der Waals surface area contributed by atoms with Crippen LogP contribution in [0.5, 0.6) is 11.6 Å². The number of aromatic nitrogens is 1. The number of carbonyl (C=O) groups excluding carboxylic acids is 1. The third-order valence-electron chi connectivity index (χ3n) is 3.52. The van der Waals surface area contributed by atoms with E-state index in [1.165, 1.54) is 7.11 Å². The van der Waals surface area contributed by atoms with Gasteiger partial charge in [-0.1, -0.05) is 0 Å². The highest BCUT2D eigenvalue weighted by atomic mass is 16.5. The lowest BCUT2D eigenvalue weighted by molar-refractivity contribution is 0.0278. The average Bonchev–Trinajstić information content (AvgIpc) is 2.74. The first-order chi connectivity index (χ1) is 8.61. The Hall–Kier alpha value is -1.82. The molecule has 18 heavy (non-hydrogen) atoms. The second-order valence-corrected chi connectivity index (χ2v) is 4.54. The Morgan fingerprint density at radius 1 is 1.44 bits per heavy atom. The van der Waals surface area contributed by atoms with Gasteiger partial charge < -0.3 is 19.7 Å². The van der Waals surface area contributed by atoms with Gasteiger partial charge >= 0.3 is 5.97 Å². The Labute approximate surface area is 103 Å². The van der Waals surface area contributed by atoms with Crippen LogP contribution in [0.3, 0.4) is 0 Å². The monoisotopic (exact) mass is 251 g/mol. The zero-order valence-corrected chi connectivity index (χ0v) is 9.84. The van der Waals surface area contributed by atoms with Crippen molar-refractivity contribution in [1.29, 1.82) is 0 Å². The average molecular weight is 251 g/mol. The van der Waals surface area contributed by atoms with E-state index in [9.17, 15) is 15.0 Å². The van der Waals surface area contributed by atoms with E-state index >= 15 is 0 Å². The van der Waals surface area contributed by atoms with Crippen LogP contribution in [0.25, 0.3) is 0 Å². The summed E-state index contributed by atoms with van der Waals surface area (Å²) in [5.74, 6) is -1.53. The fourth-order valence-electron chi connectivity index (χ4n) is 2.66. The largest absolute Gasteiger partial charge is 0.506 e. The quantitative estimate of drug-likeness (QED) is 0.725. The van der Waals surface area contributed by atoms with Gasteiger partial charge in [0, 0.05) is 12.0 Å². The van der Waals surface area contributed by atoms with Crippen LogP contribution in [-0.4, -0.2) is 34.4 Å². The first kappa shape index (κ1) is 11.3. The van der Waals surface area contributed by atoms with E-state index in [1.54, 1.807) is 0 Å². The van der Waals surface area contributed by atoms with Crippen molar-refractivity contribution in [3.8, 4) is 11.6 Å². The Morgan fingerprint density at radius 2 is 2.22 bits per heavy atom. The van der Waals surface area contributed by atoms with Crippen molar-refractivity contribution < 1.29 is 24.5 Å². The summed E-state index contributed by atoms with van der Waals surface area (Å²) in [7, 11) is 1.19. The summed E-state index contributed by atoms with van der Waals surface area (Å²) in [6.07, 6.45) is 2.10. The van der Waals surface area contributed by atoms with Gasteiger partial charge in [-0.3, -0.25) is 0 Å². The second-order valence-electron chi connectivity index (χ2n) is 4.54. The van der Waals surface area contributed by atoms with Gasteiger partial charge in [-0.15, -0.1) is 0 Å². The minimum absolute atomic E-state index is 0.0604. The number of aromatic hydroxyl groups is 2. The van der Waals surface area contributed by atoms with Crippen LogP contribution in [-0.2, 0) is 15.9 Å². The number of pyridine rings is 1. The Bertz CT molecular complexity index is 528. The van der Waals surface area contributed by atoms with Crippen LogP contribution in [0.4, 0.5) is 0 Å². The number of methoxy groups -OCH3 is 1. The minimum atomic E-state index is -0.792. The molecule has 0 amide bonds. The van der Waals surface area contributed by atoms with Crippen molar-refractivity contribution in [3.05, 3.63) is 16.8 Å². The van der Waals surface area contributed by atoms with Crippen molar-refractivity contribution in [2.24, 2.45) is 0 Å². The maximum absolute atomic E-state index is 11.5. The Morgan fingerprint density at radius 3 is 2.94 bits per heavy atom. The van der Waals surface area contributed by atoms with Crippen molar-refractivity contribution in [1.82, 2.24) is 4.98 Å². The molecule has 2 aliphatic heterocycles. The number of fused-ring (bicyclic) bond motifs is 4. The maximum Gasteiger partial charge on any atom is 0.347 e. The lowest BCUT2D eigenvalue weighted by atomic mass is 10.00. The fourth-order valence-corrected chi connectivity index (χ4v) is 2.66. The molecule has 96 valence electrons. The third kappa shape index (κ3) is 1.45. The summed E-state index contributed by atoms with van der Waals surface area (Å²) in [5.41, 5.74) is 0.857. The van der Waals surface area contributed by atoms with Crippen LogP contribution in [0.2, 0.25) is 0 Å². The first-order valence-corrected chi connectivity index (χ1v) is 5.80. The smallest absolute Gasteiger partial charge is 0.347 e. The number of esters is 1. The highest BCUT2D eigenvalue weighted by molar-refractivity contribution is 5.95. The fraction of sp³-hybridized carbons (Fsp3) is 0.500. The normalized spacial score (nSPS) is 24.7. The van der Waals surface area contributed by atoms with E-state index in [1.807, 2.05) is 0 Å². The Balaban J connectivity index is 2.17. The number of hydrogen-bond donors (Lipinski definition) is 2. The van der Waals surface area contributed by atoms with Crippen LogP contribution in [0.1, 0.15) is 40.6 Å². The molecule has 1 saturated heterocycles. The molecular weight excluding hydrogens is 238 g/mol. The van der Waals surface area contributed by atoms with Crippen LogP contribution in [0.15, 0.2) is 0 Å². The molecule has 1 fully saturated rings.